The van der Waals surface area contributed by atoms with Crippen molar-refractivity contribution in [3.63, 3.8) is 0 Å². The van der Waals surface area contributed by atoms with Crippen LogP contribution in [-0.2, 0) is 0 Å². The predicted molar refractivity (Wildman–Crippen MR) is 30.6 cm³/mol. The molecule has 1 aliphatic carbocycles. The maximum Gasteiger partial charge on any atom is 0.00115 e. The van der Waals surface area contributed by atoms with Gasteiger partial charge in [0.1, 0.15) is 0 Å². The molecule has 0 amide bonds. The quantitative estimate of drug-likeness (QED) is 0.384. The zero-order chi connectivity index (χ0) is 5.11. The second-order valence-corrected chi connectivity index (χ2v) is 1.38. The van der Waals surface area contributed by atoms with Gasteiger partial charge >= 0.3 is 0 Å². The monoisotopic (exact) mass is 112 g/mol. The van der Waals surface area contributed by atoms with E-state index in [0.29, 0.717) is 0 Å². The number of hydrogen-bond donors (Lipinski definition) is 1. The van der Waals surface area contributed by atoms with Crippen molar-refractivity contribution in [3.8, 4) is 0 Å². The van der Waals surface area contributed by atoms with Crippen molar-refractivity contribution in [1.29, 1.82) is 0 Å². The summed E-state index contributed by atoms with van der Waals surface area (Å²) in [5, 5.41) is 0. The summed E-state index contributed by atoms with van der Waals surface area (Å²) in [6.45, 7) is 0. The van der Waals surface area contributed by atoms with Gasteiger partial charge in [-0.3, -0.25) is 0 Å². The lowest BCUT2D eigenvalue weighted by Crippen LogP contribution is -3.00. The highest BCUT2D eigenvalue weighted by molar-refractivity contribution is 5.38. The van der Waals surface area contributed by atoms with Gasteiger partial charge in [-0.1, -0.05) is 24.3 Å². The fourth-order valence-electron chi connectivity index (χ4n) is 0.500. The average Bonchev–Trinajstić information content (AvgIpc) is 2.14. The minimum absolute atomic E-state index is 0. The predicted octanol–water partition coefficient (Wildman–Crippen LogP) is -2.04. The Balaban J connectivity index is 0.000000490. The molecule has 0 aromatic carbocycles. The first kappa shape index (κ1) is 6.95. The molecule has 1 aliphatic rings. The molecule has 0 saturated heterocycles. The number of halogens is 1. The zero-order valence-corrected chi connectivity index (χ0v) is 4.34. The van der Waals surface area contributed by atoms with E-state index in [4.69, 9.17) is 5.73 Å². The van der Waals surface area contributed by atoms with E-state index in [0.717, 1.165) is 5.57 Å². The van der Waals surface area contributed by atoms with Crippen LogP contribution in [0.5, 0.6) is 0 Å². The first-order valence-corrected chi connectivity index (χ1v) is 2.20. The van der Waals surface area contributed by atoms with Crippen LogP contribution in [0.3, 0.4) is 0 Å². The molecule has 0 saturated carbocycles. The third-order valence-electron chi connectivity index (χ3n) is 0.881. The number of rotatable bonds is 0. The fraction of sp³-hybridized carbons (Fsp3) is 0. The summed E-state index contributed by atoms with van der Waals surface area (Å²) in [7, 11) is 0. The molecule has 0 aromatic heterocycles. The van der Waals surface area contributed by atoms with E-state index in [-0.39, 0.29) is 4.70 Å². The van der Waals surface area contributed by atoms with Gasteiger partial charge in [-0.25, -0.2) is 0 Å². The second kappa shape index (κ2) is 3.02. The zero-order valence-electron chi connectivity index (χ0n) is 4.34. The molecule has 0 unspecified atom stereocenters. The Labute approximate surface area is 47.6 Å². The SMILES string of the molecule is NC=C1C=CC=C1.[F-]. The van der Waals surface area contributed by atoms with Crippen LogP contribution in [0.1, 0.15) is 0 Å². The van der Waals surface area contributed by atoms with Gasteiger partial charge in [0.15, 0.2) is 0 Å². The lowest BCUT2D eigenvalue weighted by Gasteiger charge is -1.78. The standard InChI is InChI=1S/C6H7N.FH/c7-5-6-3-1-2-4-6;/h1-5H,7H2;1H/p-1. The fourth-order valence-corrected chi connectivity index (χ4v) is 0.500. The van der Waals surface area contributed by atoms with E-state index in [1.54, 1.807) is 6.20 Å². The lowest BCUT2D eigenvalue weighted by molar-refractivity contribution is -0.00000145. The van der Waals surface area contributed by atoms with Crippen LogP contribution in [0, 0.1) is 0 Å². The Kier molecular flexibility index (Phi) is 2.62. The largest absolute Gasteiger partial charge is 1.00 e. The van der Waals surface area contributed by atoms with Crippen molar-refractivity contribution in [2.24, 2.45) is 5.73 Å². The Bertz CT molecular complexity index is 131. The second-order valence-electron chi connectivity index (χ2n) is 1.38. The number of allylic oxidation sites excluding steroid dienone is 5. The third kappa shape index (κ3) is 1.22. The van der Waals surface area contributed by atoms with Gasteiger partial charge in [0.05, 0.1) is 0 Å². The van der Waals surface area contributed by atoms with E-state index in [1.807, 2.05) is 24.3 Å². The van der Waals surface area contributed by atoms with E-state index in [9.17, 15) is 0 Å². The van der Waals surface area contributed by atoms with Gasteiger partial charge < -0.3 is 10.4 Å². The van der Waals surface area contributed by atoms with Gasteiger partial charge in [0.2, 0.25) is 0 Å². The maximum absolute atomic E-state index is 5.17. The summed E-state index contributed by atoms with van der Waals surface area (Å²) in [6, 6.07) is 0. The van der Waals surface area contributed by atoms with Gasteiger partial charge in [-0.15, -0.1) is 0 Å². The van der Waals surface area contributed by atoms with Crippen molar-refractivity contribution < 1.29 is 4.70 Å². The molecule has 0 bridgehead atoms. The van der Waals surface area contributed by atoms with E-state index in [2.05, 4.69) is 0 Å². The summed E-state index contributed by atoms with van der Waals surface area (Å²) in [5.74, 6) is 0. The van der Waals surface area contributed by atoms with Crippen LogP contribution in [-0.4, -0.2) is 0 Å². The molecule has 0 aromatic rings. The molecule has 44 valence electrons. The highest BCUT2D eigenvalue weighted by atomic mass is 19.0. The molecule has 0 aliphatic heterocycles. The first-order valence-electron chi connectivity index (χ1n) is 2.20. The molecule has 0 atom stereocenters. The van der Waals surface area contributed by atoms with Crippen molar-refractivity contribution >= 4 is 0 Å². The minimum atomic E-state index is 0. The number of hydrogen-bond acceptors (Lipinski definition) is 1. The van der Waals surface area contributed by atoms with Gasteiger partial charge in [-0.05, 0) is 5.57 Å². The Morgan fingerprint density at radius 3 is 2.00 bits per heavy atom. The minimum Gasteiger partial charge on any atom is -1.00 e. The first-order chi connectivity index (χ1) is 3.43. The smallest absolute Gasteiger partial charge is 0.00115 e. The highest BCUT2D eigenvalue weighted by Gasteiger charge is 1.84. The molecule has 1 rings (SSSR count). The van der Waals surface area contributed by atoms with Crippen LogP contribution in [0.25, 0.3) is 0 Å². The van der Waals surface area contributed by atoms with E-state index >= 15 is 0 Å². The number of nitrogens with two attached hydrogens (primary N) is 1. The Morgan fingerprint density at radius 2 is 1.75 bits per heavy atom. The maximum atomic E-state index is 5.17. The normalized spacial score (nSPS) is 13.8. The van der Waals surface area contributed by atoms with E-state index in [1.165, 1.54) is 0 Å². The molecule has 0 radical (unpaired) electrons. The topological polar surface area (TPSA) is 26.0 Å². The van der Waals surface area contributed by atoms with Crippen LogP contribution in [0.4, 0.5) is 0 Å². The van der Waals surface area contributed by atoms with Gasteiger partial charge in [-0.2, -0.15) is 0 Å². The summed E-state index contributed by atoms with van der Waals surface area (Å²) in [6.07, 6.45) is 9.41. The van der Waals surface area contributed by atoms with Crippen molar-refractivity contribution in [2.45, 2.75) is 0 Å². The van der Waals surface area contributed by atoms with Crippen LogP contribution < -0.4 is 10.4 Å². The summed E-state index contributed by atoms with van der Waals surface area (Å²) in [4.78, 5) is 0. The van der Waals surface area contributed by atoms with Gasteiger partial charge in [0.25, 0.3) is 0 Å². The highest BCUT2D eigenvalue weighted by Crippen LogP contribution is 2.03. The average molecular weight is 112 g/mol. The van der Waals surface area contributed by atoms with Crippen molar-refractivity contribution in [3.05, 3.63) is 36.1 Å². The Hall–Kier alpha value is -1.05. The van der Waals surface area contributed by atoms with Crippen LogP contribution in [0.2, 0.25) is 0 Å². The molecular weight excluding hydrogens is 105 g/mol. The lowest BCUT2D eigenvalue weighted by atomic mass is 10.3. The molecule has 0 spiro atoms. The van der Waals surface area contributed by atoms with Crippen LogP contribution >= 0.6 is 0 Å². The van der Waals surface area contributed by atoms with Crippen molar-refractivity contribution in [1.82, 2.24) is 0 Å². The van der Waals surface area contributed by atoms with E-state index < -0.39 is 0 Å². The molecular formula is C6H7FN-. The molecule has 0 fully saturated rings. The summed E-state index contributed by atoms with van der Waals surface area (Å²) < 4.78 is 0. The molecule has 2 heteroatoms. The van der Waals surface area contributed by atoms with Crippen molar-refractivity contribution in [2.75, 3.05) is 0 Å². The third-order valence-corrected chi connectivity index (χ3v) is 0.881. The van der Waals surface area contributed by atoms with Gasteiger partial charge in [0, 0.05) is 6.20 Å². The Morgan fingerprint density at radius 1 is 1.25 bits per heavy atom. The molecule has 0 heterocycles. The van der Waals surface area contributed by atoms with Crippen LogP contribution in [0.15, 0.2) is 36.1 Å². The molecule has 8 heavy (non-hydrogen) atoms. The molecule has 2 N–H and O–H groups in total. The summed E-state index contributed by atoms with van der Waals surface area (Å²) in [5.41, 5.74) is 6.25. The summed E-state index contributed by atoms with van der Waals surface area (Å²) >= 11 is 0. The molecule has 1 nitrogen and oxygen atoms in total.